The van der Waals surface area contributed by atoms with E-state index in [1.54, 1.807) is 0 Å². The van der Waals surface area contributed by atoms with E-state index in [0.29, 0.717) is 0 Å². The molecule has 2 heterocycles. The van der Waals surface area contributed by atoms with Crippen molar-refractivity contribution in [2.24, 2.45) is 0 Å². The molecule has 0 bridgehead atoms. The van der Waals surface area contributed by atoms with Crippen molar-refractivity contribution < 1.29 is 0 Å². The highest BCUT2D eigenvalue weighted by Gasteiger charge is 2.27. The van der Waals surface area contributed by atoms with E-state index in [4.69, 9.17) is 5.73 Å². The van der Waals surface area contributed by atoms with Crippen LogP contribution in [-0.2, 0) is 6.42 Å². The number of hydrogen-bond acceptors (Lipinski definition) is 4. The Kier molecular flexibility index (Phi) is 6.60. The number of anilines is 2. The van der Waals surface area contributed by atoms with Crippen molar-refractivity contribution in [3.8, 4) is 0 Å². The molecule has 2 N–H and O–H groups in total. The van der Waals surface area contributed by atoms with E-state index in [1.165, 1.54) is 82.6 Å². The lowest BCUT2D eigenvalue weighted by Gasteiger charge is -2.43. The van der Waals surface area contributed by atoms with Crippen LogP contribution in [0.5, 0.6) is 0 Å². The summed E-state index contributed by atoms with van der Waals surface area (Å²) >= 11 is 0. The highest BCUT2D eigenvalue weighted by molar-refractivity contribution is 5.60. The first-order valence-electron chi connectivity index (χ1n) is 10.2. The monoisotopic (exact) mass is 344 g/mol. The van der Waals surface area contributed by atoms with Gasteiger partial charge in [-0.2, -0.15) is 0 Å². The number of nitrogens with zero attached hydrogens (tertiary/aromatic N) is 3. The summed E-state index contributed by atoms with van der Waals surface area (Å²) in [6.07, 6.45) is 7.59. The molecule has 3 rings (SSSR count). The summed E-state index contributed by atoms with van der Waals surface area (Å²) in [4.78, 5) is 7.78. The van der Waals surface area contributed by atoms with Gasteiger partial charge in [0.2, 0.25) is 0 Å². The fourth-order valence-corrected chi connectivity index (χ4v) is 4.34. The Balaban J connectivity index is 1.58. The van der Waals surface area contributed by atoms with E-state index in [1.807, 2.05) is 0 Å². The Labute approximate surface area is 154 Å². The van der Waals surface area contributed by atoms with Crippen LogP contribution in [0.15, 0.2) is 18.2 Å². The second-order valence-corrected chi connectivity index (χ2v) is 7.90. The minimum Gasteiger partial charge on any atom is -0.399 e. The van der Waals surface area contributed by atoms with Gasteiger partial charge in [-0.15, -0.1) is 0 Å². The van der Waals surface area contributed by atoms with Gasteiger partial charge in [-0.05, 0) is 56.5 Å². The molecule has 0 unspecified atom stereocenters. The first-order chi connectivity index (χ1) is 12.2. The van der Waals surface area contributed by atoms with Crippen molar-refractivity contribution in [2.45, 2.75) is 51.5 Å². The molecule has 1 aromatic rings. The molecule has 0 spiro atoms. The number of piperazine rings is 1. The zero-order valence-corrected chi connectivity index (χ0v) is 16.2. The van der Waals surface area contributed by atoms with E-state index >= 15 is 0 Å². The number of piperidine rings is 1. The maximum Gasteiger partial charge on any atom is 0.0400 e. The molecule has 1 aromatic carbocycles. The molecule has 25 heavy (non-hydrogen) atoms. The number of unbranched alkanes of at least 4 members (excludes halogenated alkanes) is 2. The summed E-state index contributed by atoms with van der Waals surface area (Å²) in [5.41, 5.74) is 9.85. The van der Waals surface area contributed by atoms with Gasteiger partial charge in [0, 0.05) is 56.7 Å². The van der Waals surface area contributed by atoms with E-state index in [2.05, 4.69) is 46.9 Å². The van der Waals surface area contributed by atoms with Gasteiger partial charge in [-0.25, -0.2) is 0 Å². The zero-order valence-electron chi connectivity index (χ0n) is 16.2. The maximum atomic E-state index is 6.06. The predicted molar refractivity (Wildman–Crippen MR) is 108 cm³/mol. The molecule has 2 saturated heterocycles. The van der Waals surface area contributed by atoms with Gasteiger partial charge in [-0.1, -0.05) is 19.8 Å². The fourth-order valence-electron chi connectivity index (χ4n) is 4.34. The molecular weight excluding hydrogens is 308 g/mol. The summed E-state index contributed by atoms with van der Waals surface area (Å²) in [5.74, 6) is 0. The Morgan fingerprint density at radius 2 is 1.72 bits per heavy atom. The third-order valence-corrected chi connectivity index (χ3v) is 6.01. The van der Waals surface area contributed by atoms with Gasteiger partial charge in [0.1, 0.15) is 0 Å². The lowest BCUT2D eigenvalue weighted by molar-refractivity contribution is 0.0982. The van der Waals surface area contributed by atoms with Crippen LogP contribution in [0.25, 0.3) is 0 Å². The quantitative estimate of drug-likeness (QED) is 0.635. The molecule has 0 atom stereocenters. The van der Waals surface area contributed by atoms with Gasteiger partial charge in [0.15, 0.2) is 0 Å². The maximum absolute atomic E-state index is 6.06. The smallest absolute Gasteiger partial charge is 0.0400 e. The van der Waals surface area contributed by atoms with Crippen molar-refractivity contribution in [1.29, 1.82) is 0 Å². The summed E-state index contributed by atoms with van der Waals surface area (Å²) < 4.78 is 0. The first kappa shape index (κ1) is 18.5. The van der Waals surface area contributed by atoms with Crippen LogP contribution in [0, 0.1) is 0 Å². The van der Waals surface area contributed by atoms with E-state index in [9.17, 15) is 0 Å². The normalized spacial score (nSPS) is 21.0. The number of nitrogen functional groups attached to an aromatic ring is 1. The van der Waals surface area contributed by atoms with Gasteiger partial charge >= 0.3 is 0 Å². The third-order valence-electron chi connectivity index (χ3n) is 6.01. The van der Waals surface area contributed by atoms with Crippen molar-refractivity contribution in [3.63, 3.8) is 0 Å². The largest absolute Gasteiger partial charge is 0.399 e. The Bertz CT molecular complexity index is 529. The second-order valence-electron chi connectivity index (χ2n) is 7.90. The van der Waals surface area contributed by atoms with Crippen LogP contribution in [0.3, 0.4) is 0 Å². The zero-order chi connectivity index (χ0) is 17.6. The molecule has 4 heteroatoms. The summed E-state index contributed by atoms with van der Waals surface area (Å²) in [6.45, 7) is 9.56. The topological polar surface area (TPSA) is 35.7 Å². The van der Waals surface area contributed by atoms with Crippen molar-refractivity contribution in [3.05, 3.63) is 23.8 Å². The van der Waals surface area contributed by atoms with Crippen LogP contribution in [0.2, 0.25) is 0 Å². The molecule has 2 aliphatic rings. The molecule has 4 nitrogen and oxygen atoms in total. The van der Waals surface area contributed by atoms with Crippen molar-refractivity contribution >= 4 is 11.4 Å². The van der Waals surface area contributed by atoms with Gasteiger partial charge in [-0.3, -0.25) is 4.90 Å². The number of benzene rings is 1. The molecular formula is C21H36N4. The van der Waals surface area contributed by atoms with Crippen molar-refractivity contribution in [1.82, 2.24) is 9.80 Å². The van der Waals surface area contributed by atoms with Crippen molar-refractivity contribution in [2.75, 3.05) is 56.9 Å². The summed E-state index contributed by atoms with van der Waals surface area (Å²) in [5, 5.41) is 0. The second kappa shape index (κ2) is 8.91. The molecule has 140 valence electrons. The summed E-state index contributed by atoms with van der Waals surface area (Å²) in [6, 6.07) is 7.32. The SMILES string of the molecule is CCCCCc1cc(N)ccc1N1CCC(N2CCN(C)CC2)CC1. The van der Waals surface area contributed by atoms with Crippen LogP contribution >= 0.6 is 0 Å². The standard InChI is InChI=1S/C21H36N4/c1-3-4-5-6-18-17-19(22)7-8-21(18)25-11-9-20(10-12-25)24-15-13-23(2)14-16-24/h7-8,17,20H,3-6,9-16,22H2,1-2H3. The van der Waals surface area contributed by atoms with E-state index in [-0.39, 0.29) is 0 Å². The molecule has 0 aliphatic carbocycles. The van der Waals surface area contributed by atoms with Crippen LogP contribution in [0.4, 0.5) is 11.4 Å². The minimum absolute atomic E-state index is 0.780. The highest BCUT2D eigenvalue weighted by Crippen LogP contribution is 2.29. The Morgan fingerprint density at radius 3 is 2.40 bits per heavy atom. The Hall–Kier alpha value is -1.26. The first-order valence-corrected chi connectivity index (χ1v) is 10.2. The van der Waals surface area contributed by atoms with Crippen LogP contribution in [-0.4, -0.2) is 62.2 Å². The van der Waals surface area contributed by atoms with Crippen LogP contribution in [0.1, 0.15) is 44.6 Å². The number of likely N-dealkylation sites (N-methyl/N-ethyl adjacent to an activating group) is 1. The molecule has 2 aliphatic heterocycles. The van der Waals surface area contributed by atoms with Gasteiger partial charge < -0.3 is 15.5 Å². The number of aryl methyl sites for hydroxylation is 1. The van der Waals surface area contributed by atoms with E-state index in [0.717, 1.165) is 18.2 Å². The van der Waals surface area contributed by atoms with Crippen LogP contribution < -0.4 is 10.6 Å². The average Bonchev–Trinajstić information content (AvgIpc) is 2.63. The molecule has 0 saturated carbocycles. The molecule has 2 fully saturated rings. The lowest BCUT2D eigenvalue weighted by atomic mass is 9.98. The Morgan fingerprint density at radius 1 is 1.00 bits per heavy atom. The number of hydrogen-bond donors (Lipinski definition) is 1. The average molecular weight is 345 g/mol. The lowest BCUT2D eigenvalue weighted by Crippen LogP contribution is -2.52. The molecule has 0 amide bonds. The molecule has 0 radical (unpaired) electrons. The van der Waals surface area contributed by atoms with E-state index < -0.39 is 0 Å². The number of rotatable bonds is 6. The number of nitrogens with two attached hydrogens (primary N) is 1. The minimum atomic E-state index is 0.780. The van der Waals surface area contributed by atoms with Gasteiger partial charge in [0.25, 0.3) is 0 Å². The van der Waals surface area contributed by atoms with Gasteiger partial charge in [0.05, 0.1) is 0 Å². The predicted octanol–water partition coefficient (Wildman–Crippen LogP) is 3.22. The highest BCUT2D eigenvalue weighted by atomic mass is 15.3. The summed E-state index contributed by atoms with van der Waals surface area (Å²) in [7, 11) is 2.24. The fraction of sp³-hybridized carbons (Fsp3) is 0.714. The molecule has 0 aromatic heterocycles. The third kappa shape index (κ3) is 4.89.